The van der Waals surface area contributed by atoms with Gasteiger partial charge in [-0.3, -0.25) is 9.78 Å². The van der Waals surface area contributed by atoms with Crippen molar-refractivity contribution in [3.05, 3.63) is 60.4 Å². The van der Waals surface area contributed by atoms with Crippen LogP contribution >= 0.6 is 0 Å². The molecular formula is C19H20N2O2. The van der Waals surface area contributed by atoms with Crippen molar-refractivity contribution in [2.45, 2.75) is 18.9 Å². The minimum Gasteiger partial charge on any atom is -0.490 e. The molecule has 0 spiro atoms. The molecule has 118 valence electrons. The number of carbonyl (C=O) groups excluding carboxylic acids is 1. The molecule has 0 unspecified atom stereocenters. The SMILES string of the molecule is O=C(c1cccnc1)N1C[C@@H]2CC[C@H](Oc3ccccc3)[C@@H]2C1. The normalized spacial score (nSPS) is 26.1. The number of benzene rings is 1. The first-order valence-corrected chi connectivity index (χ1v) is 8.22. The van der Waals surface area contributed by atoms with E-state index in [9.17, 15) is 4.79 Å². The summed E-state index contributed by atoms with van der Waals surface area (Å²) in [7, 11) is 0. The third-order valence-electron chi connectivity index (χ3n) is 5.02. The van der Waals surface area contributed by atoms with Crippen LogP contribution in [-0.4, -0.2) is 35.0 Å². The number of ether oxygens (including phenoxy) is 1. The van der Waals surface area contributed by atoms with Gasteiger partial charge in [-0.05, 0) is 43.0 Å². The summed E-state index contributed by atoms with van der Waals surface area (Å²) in [5, 5.41) is 0. The number of aromatic nitrogens is 1. The molecule has 1 aliphatic heterocycles. The first-order chi connectivity index (χ1) is 11.3. The van der Waals surface area contributed by atoms with Crippen molar-refractivity contribution in [3.8, 4) is 5.75 Å². The Balaban J connectivity index is 1.44. The zero-order valence-corrected chi connectivity index (χ0v) is 13.0. The van der Waals surface area contributed by atoms with Crippen LogP contribution in [-0.2, 0) is 0 Å². The molecule has 1 aromatic carbocycles. The lowest BCUT2D eigenvalue weighted by atomic mass is 9.99. The summed E-state index contributed by atoms with van der Waals surface area (Å²) >= 11 is 0. The van der Waals surface area contributed by atoms with E-state index in [-0.39, 0.29) is 12.0 Å². The highest BCUT2D eigenvalue weighted by molar-refractivity contribution is 5.94. The van der Waals surface area contributed by atoms with E-state index in [0.717, 1.165) is 31.7 Å². The first kappa shape index (κ1) is 14.2. The number of rotatable bonds is 3. The van der Waals surface area contributed by atoms with Crippen molar-refractivity contribution in [2.75, 3.05) is 13.1 Å². The van der Waals surface area contributed by atoms with E-state index < -0.39 is 0 Å². The van der Waals surface area contributed by atoms with Gasteiger partial charge in [0.25, 0.3) is 5.91 Å². The molecule has 1 amide bonds. The highest BCUT2D eigenvalue weighted by atomic mass is 16.5. The fourth-order valence-corrected chi connectivity index (χ4v) is 3.87. The van der Waals surface area contributed by atoms with Crippen LogP contribution in [0.15, 0.2) is 54.9 Å². The molecule has 3 atom stereocenters. The minimum atomic E-state index is 0.0889. The number of nitrogens with zero attached hydrogens (tertiary/aromatic N) is 2. The highest BCUT2D eigenvalue weighted by Crippen LogP contribution is 2.40. The summed E-state index contributed by atoms with van der Waals surface area (Å²) in [6.07, 6.45) is 5.78. The summed E-state index contributed by atoms with van der Waals surface area (Å²) in [5.41, 5.74) is 0.674. The third-order valence-corrected chi connectivity index (χ3v) is 5.02. The van der Waals surface area contributed by atoms with Crippen LogP contribution in [0.2, 0.25) is 0 Å². The molecule has 1 saturated carbocycles. The Labute approximate surface area is 136 Å². The summed E-state index contributed by atoms with van der Waals surface area (Å²) in [6.45, 7) is 1.63. The molecule has 4 nitrogen and oxygen atoms in total. The van der Waals surface area contributed by atoms with Gasteiger partial charge in [-0.1, -0.05) is 18.2 Å². The Bertz CT molecular complexity index is 674. The number of hydrogen-bond donors (Lipinski definition) is 0. The minimum absolute atomic E-state index is 0.0889. The quantitative estimate of drug-likeness (QED) is 0.875. The summed E-state index contributed by atoms with van der Waals surface area (Å²) in [4.78, 5) is 18.6. The molecule has 2 fully saturated rings. The van der Waals surface area contributed by atoms with Gasteiger partial charge in [-0.2, -0.15) is 0 Å². The van der Waals surface area contributed by atoms with Gasteiger partial charge in [-0.15, -0.1) is 0 Å². The van der Waals surface area contributed by atoms with Crippen molar-refractivity contribution < 1.29 is 9.53 Å². The van der Waals surface area contributed by atoms with Crippen LogP contribution in [0.5, 0.6) is 5.75 Å². The van der Waals surface area contributed by atoms with Crippen LogP contribution in [0.3, 0.4) is 0 Å². The van der Waals surface area contributed by atoms with Gasteiger partial charge >= 0.3 is 0 Å². The van der Waals surface area contributed by atoms with Crippen LogP contribution in [0.4, 0.5) is 0 Å². The van der Waals surface area contributed by atoms with Crippen molar-refractivity contribution in [1.29, 1.82) is 0 Å². The molecule has 1 aromatic heterocycles. The van der Waals surface area contributed by atoms with Gasteiger partial charge in [0.05, 0.1) is 5.56 Å². The molecule has 0 radical (unpaired) electrons. The fourth-order valence-electron chi connectivity index (χ4n) is 3.87. The Kier molecular flexibility index (Phi) is 3.74. The van der Waals surface area contributed by atoms with E-state index in [0.29, 0.717) is 17.4 Å². The maximum atomic E-state index is 12.6. The Hall–Kier alpha value is -2.36. The van der Waals surface area contributed by atoms with Crippen LogP contribution < -0.4 is 4.74 Å². The monoisotopic (exact) mass is 308 g/mol. The van der Waals surface area contributed by atoms with Gasteiger partial charge in [0.15, 0.2) is 0 Å². The highest BCUT2D eigenvalue weighted by Gasteiger charge is 2.45. The zero-order valence-electron chi connectivity index (χ0n) is 13.0. The molecule has 1 aliphatic carbocycles. The molecule has 23 heavy (non-hydrogen) atoms. The summed E-state index contributed by atoms with van der Waals surface area (Å²) in [5.74, 6) is 2.02. The van der Waals surface area contributed by atoms with Crippen LogP contribution in [0.1, 0.15) is 23.2 Å². The average Bonchev–Trinajstić information content (AvgIpc) is 3.18. The van der Waals surface area contributed by atoms with E-state index >= 15 is 0 Å². The van der Waals surface area contributed by atoms with Crippen LogP contribution in [0, 0.1) is 11.8 Å². The zero-order chi connectivity index (χ0) is 15.6. The number of pyridine rings is 1. The topological polar surface area (TPSA) is 42.4 Å². The maximum absolute atomic E-state index is 12.6. The molecule has 4 rings (SSSR count). The molecule has 2 aliphatic rings. The molecule has 0 bridgehead atoms. The second-order valence-corrected chi connectivity index (χ2v) is 6.42. The number of carbonyl (C=O) groups is 1. The van der Waals surface area contributed by atoms with E-state index in [2.05, 4.69) is 4.98 Å². The number of fused-ring (bicyclic) bond motifs is 1. The van der Waals surface area contributed by atoms with E-state index in [1.165, 1.54) is 0 Å². The first-order valence-electron chi connectivity index (χ1n) is 8.22. The van der Waals surface area contributed by atoms with Crippen molar-refractivity contribution in [3.63, 3.8) is 0 Å². The number of para-hydroxylation sites is 1. The van der Waals surface area contributed by atoms with Gasteiger partial charge in [-0.25, -0.2) is 0 Å². The predicted octanol–water partition coefficient (Wildman–Crippen LogP) is 3.01. The largest absolute Gasteiger partial charge is 0.490 e. The lowest BCUT2D eigenvalue weighted by molar-refractivity contribution is 0.0762. The number of hydrogen-bond acceptors (Lipinski definition) is 3. The van der Waals surface area contributed by atoms with Crippen molar-refractivity contribution in [2.24, 2.45) is 11.8 Å². The Morgan fingerprint density at radius 1 is 1.09 bits per heavy atom. The maximum Gasteiger partial charge on any atom is 0.255 e. The number of likely N-dealkylation sites (tertiary alicyclic amines) is 1. The van der Waals surface area contributed by atoms with E-state index in [1.807, 2.05) is 47.4 Å². The molecule has 2 aromatic rings. The van der Waals surface area contributed by atoms with Crippen molar-refractivity contribution in [1.82, 2.24) is 9.88 Å². The summed E-state index contributed by atoms with van der Waals surface area (Å²) < 4.78 is 6.17. The van der Waals surface area contributed by atoms with Gasteiger partial charge in [0.2, 0.25) is 0 Å². The lowest BCUT2D eigenvalue weighted by Crippen LogP contribution is -2.32. The lowest BCUT2D eigenvalue weighted by Gasteiger charge is -2.22. The molecule has 0 N–H and O–H groups in total. The smallest absolute Gasteiger partial charge is 0.255 e. The Morgan fingerprint density at radius 2 is 1.96 bits per heavy atom. The molecule has 2 heterocycles. The Morgan fingerprint density at radius 3 is 2.74 bits per heavy atom. The molecule has 4 heteroatoms. The van der Waals surface area contributed by atoms with Crippen molar-refractivity contribution >= 4 is 5.91 Å². The summed E-state index contributed by atoms with van der Waals surface area (Å²) in [6, 6.07) is 13.6. The van der Waals surface area contributed by atoms with Gasteiger partial charge in [0, 0.05) is 31.4 Å². The van der Waals surface area contributed by atoms with E-state index in [1.54, 1.807) is 12.4 Å². The van der Waals surface area contributed by atoms with Gasteiger partial charge < -0.3 is 9.64 Å². The predicted molar refractivity (Wildman–Crippen MR) is 87.2 cm³/mol. The fraction of sp³-hybridized carbons (Fsp3) is 0.368. The average molecular weight is 308 g/mol. The second-order valence-electron chi connectivity index (χ2n) is 6.42. The molecular weight excluding hydrogens is 288 g/mol. The standard InChI is InChI=1S/C19H20N2O2/c22-19(14-5-4-10-20-11-14)21-12-15-8-9-18(17(15)13-21)23-16-6-2-1-3-7-16/h1-7,10-11,15,17-18H,8-9,12-13H2/t15-,17+,18-/m0/s1. The second kappa shape index (κ2) is 6.03. The van der Waals surface area contributed by atoms with Gasteiger partial charge in [0.1, 0.15) is 11.9 Å². The molecule has 1 saturated heterocycles. The van der Waals surface area contributed by atoms with Crippen LogP contribution in [0.25, 0.3) is 0 Å². The number of amides is 1. The third kappa shape index (κ3) is 2.81. The van der Waals surface area contributed by atoms with E-state index in [4.69, 9.17) is 4.74 Å².